The highest BCUT2D eigenvalue weighted by molar-refractivity contribution is 5.87. The fourth-order valence-electron chi connectivity index (χ4n) is 2.62. The van der Waals surface area contributed by atoms with Gasteiger partial charge in [0.2, 0.25) is 0 Å². The monoisotopic (exact) mass is 291 g/mol. The van der Waals surface area contributed by atoms with Gasteiger partial charge in [-0.3, -0.25) is 4.79 Å². The largest absolute Gasteiger partial charge is 0.480 e. The Balaban J connectivity index is 2.12. The van der Waals surface area contributed by atoms with Crippen molar-refractivity contribution in [2.45, 2.75) is 45.3 Å². The second-order valence-corrected chi connectivity index (χ2v) is 5.31. The highest BCUT2D eigenvalue weighted by Crippen LogP contribution is 2.23. The Morgan fingerprint density at radius 3 is 2.76 bits per heavy atom. The van der Waals surface area contributed by atoms with Crippen molar-refractivity contribution in [3.63, 3.8) is 0 Å². The normalized spacial score (nSPS) is 19.3. The Hall–Kier alpha value is -2.04. The Kier molecular flexibility index (Phi) is 4.83. The molecule has 114 valence electrons. The summed E-state index contributed by atoms with van der Waals surface area (Å²) < 4.78 is 5.81. The predicted octanol–water partition coefficient (Wildman–Crippen LogP) is 2.23. The van der Waals surface area contributed by atoms with Crippen LogP contribution in [0.2, 0.25) is 0 Å². The summed E-state index contributed by atoms with van der Waals surface area (Å²) in [4.78, 5) is 25.2. The van der Waals surface area contributed by atoms with Gasteiger partial charge in [0.25, 0.3) is 5.91 Å². The SMILES string of the molecule is CCC(Oc1ccccc1C)C(=O)N1CCCC1C(=O)O. The number of hydrogen-bond acceptors (Lipinski definition) is 3. The molecule has 1 aromatic carbocycles. The van der Waals surface area contributed by atoms with Gasteiger partial charge in [0, 0.05) is 6.54 Å². The maximum atomic E-state index is 12.5. The van der Waals surface area contributed by atoms with Gasteiger partial charge >= 0.3 is 5.97 Å². The minimum Gasteiger partial charge on any atom is -0.480 e. The lowest BCUT2D eigenvalue weighted by Gasteiger charge is -2.27. The van der Waals surface area contributed by atoms with E-state index < -0.39 is 18.1 Å². The number of aryl methyl sites for hydroxylation is 1. The first kappa shape index (κ1) is 15.4. The standard InChI is InChI=1S/C16H21NO4/c1-3-13(21-14-9-5-4-7-11(14)2)15(18)17-10-6-8-12(17)16(19)20/h4-5,7,9,12-13H,3,6,8,10H2,1-2H3,(H,19,20). The van der Waals surface area contributed by atoms with Crippen LogP contribution in [0.4, 0.5) is 0 Å². The number of hydrogen-bond donors (Lipinski definition) is 1. The zero-order valence-electron chi connectivity index (χ0n) is 12.4. The van der Waals surface area contributed by atoms with Crippen LogP contribution in [0.15, 0.2) is 24.3 Å². The fraction of sp³-hybridized carbons (Fsp3) is 0.500. The molecule has 21 heavy (non-hydrogen) atoms. The summed E-state index contributed by atoms with van der Waals surface area (Å²) in [6.45, 7) is 4.28. The van der Waals surface area contributed by atoms with Crippen molar-refractivity contribution in [3.8, 4) is 5.75 Å². The summed E-state index contributed by atoms with van der Waals surface area (Å²) in [6, 6.07) is 6.79. The van der Waals surface area contributed by atoms with Crippen molar-refractivity contribution < 1.29 is 19.4 Å². The number of carboxylic acid groups (broad SMARTS) is 1. The molecule has 1 heterocycles. The first-order valence-electron chi connectivity index (χ1n) is 7.30. The Bertz CT molecular complexity index is 529. The van der Waals surface area contributed by atoms with E-state index >= 15 is 0 Å². The molecule has 2 atom stereocenters. The van der Waals surface area contributed by atoms with Gasteiger partial charge in [0.1, 0.15) is 11.8 Å². The number of likely N-dealkylation sites (tertiary alicyclic amines) is 1. The second-order valence-electron chi connectivity index (χ2n) is 5.31. The smallest absolute Gasteiger partial charge is 0.326 e. The highest BCUT2D eigenvalue weighted by Gasteiger charge is 2.37. The van der Waals surface area contributed by atoms with Crippen molar-refractivity contribution >= 4 is 11.9 Å². The van der Waals surface area contributed by atoms with Crippen molar-refractivity contribution in [2.24, 2.45) is 0 Å². The number of para-hydroxylation sites is 1. The molecule has 5 nitrogen and oxygen atoms in total. The van der Waals surface area contributed by atoms with Gasteiger partial charge in [-0.2, -0.15) is 0 Å². The predicted molar refractivity (Wildman–Crippen MR) is 78.3 cm³/mol. The summed E-state index contributed by atoms with van der Waals surface area (Å²) in [5.41, 5.74) is 0.958. The van der Waals surface area contributed by atoms with Crippen LogP contribution in [0, 0.1) is 6.92 Å². The fourth-order valence-corrected chi connectivity index (χ4v) is 2.62. The van der Waals surface area contributed by atoms with E-state index in [-0.39, 0.29) is 5.91 Å². The molecule has 5 heteroatoms. The van der Waals surface area contributed by atoms with Crippen LogP contribution in [0.5, 0.6) is 5.75 Å². The van der Waals surface area contributed by atoms with E-state index in [1.54, 1.807) is 0 Å². The number of ether oxygens (including phenoxy) is 1. The number of carbonyl (C=O) groups is 2. The van der Waals surface area contributed by atoms with E-state index in [0.29, 0.717) is 25.1 Å². The van der Waals surface area contributed by atoms with Crippen LogP contribution in [-0.2, 0) is 9.59 Å². The van der Waals surface area contributed by atoms with Crippen molar-refractivity contribution in [1.82, 2.24) is 4.90 Å². The minimum atomic E-state index is -0.938. The first-order valence-corrected chi connectivity index (χ1v) is 7.30. The van der Waals surface area contributed by atoms with Gasteiger partial charge < -0.3 is 14.7 Å². The van der Waals surface area contributed by atoms with Crippen LogP contribution in [0.25, 0.3) is 0 Å². The number of rotatable bonds is 5. The summed E-state index contributed by atoms with van der Waals surface area (Å²) >= 11 is 0. The molecule has 0 aromatic heterocycles. The number of amides is 1. The third-order valence-corrected chi connectivity index (χ3v) is 3.83. The molecule has 0 radical (unpaired) electrons. The Morgan fingerprint density at radius 1 is 1.43 bits per heavy atom. The average molecular weight is 291 g/mol. The number of carboxylic acids is 1. The zero-order chi connectivity index (χ0) is 15.4. The molecular formula is C16H21NO4. The molecule has 0 bridgehead atoms. The summed E-state index contributed by atoms with van der Waals surface area (Å²) in [5.74, 6) is -0.499. The molecule has 2 rings (SSSR count). The van der Waals surface area contributed by atoms with Gasteiger partial charge in [0.15, 0.2) is 6.10 Å². The maximum absolute atomic E-state index is 12.5. The molecule has 0 aliphatic carbocycles. The van der Waals surface area contributed by atoms with E-state index in [0.717, 1.165) is 12.0 Å². The molecule has 1 fully saturated rings. The summed E-state index contributed by atoms with van der Waals surface area (Å²) in [7, 11) is 0. The van der Waals surface area contributed by atoms with Crippen molar-refractivity contribution in [1.29, 1.82) is 0 Å². The van der Waals surface area contributed by atoms with Crippen LogP contribution < -0.4 is 4.74 Å². The van der Waals surface area contributed by atoms with Crippen LogP contribution in [0.3, 0.4) is 0 Å². The summed E-state index contributed by atoms with van der Waals surface area (Å²) in [5, 5.41) is 9.19. The molecule has 1 N–H and O–H groups in total. The highest BCUT2D eigenvalue weighted by atomic mass is 16.5. The van der Waals surface area contributed by atoms with E-state index in [4.69, 9.17) is 4.74 Å². The van der Waals surface area contributed by atoms with E-state index in [2.05, 4.69) is 0 Å². The molecule has 1 aliphatic heterocycles. The zero-order valence-corrected chi connectivity index (χ0v) is 12.4. The number of aliphatic carboxylic acids is 1. The minimum absolute atomic E-state index is 0.231. The van der Waals surface area contributed by atoms with Crippen LogP contribution in [0.1, 0.15) is 31.7 Å². The van der Waals surface area contributed by atoms with Gasteiger partial charge in [-0.25, -0.2) is 4.79 Å². The lowest BCUT2D eigenvalue weighted by Crippen LogP contribution is -2.47. The van der Waals surface area contributed by atoms with Crippen LogP contribution >= 0.6 is 0 Å². The van der Waals surface area contributed by atoms with Crippen LogP contribution in [-0.4, -0.2) is 40.6 Å². The quantitative estimate of drug-likeness (QED) is 0.903. The molecular weight excluding hydrogens is 270 g/mol. The molecule has 1 amide bonds. The maximum Gasteiger partial charge on any atom is 0.326 e. The Labute approximate surface area is 124 Å². The number of benzene rings is 1. The van der Waals surface area contributed by atoms with E-state index in [1.165, 1.54) is 4.90 Å². The second kappa shape index (κ2) is 6.61. The van der Waals surface area contributed by atoms with E-state index in [9.17, 15) is 14.7 Å². The van der Waals surface area contributed by atoms with Crippen molar-refractivity contribution in [3.05, 3.63) is 29.8 Å². The number of carbonyl (C=O) groups excluding carboxylic acids is 1. The van der Waals surface area contributed by atoms with Gasteiger partial charge in [-0.15, -0.1) is 0 Å². The average Bonchev–Trinajstić information content (AvgIpc) is 2.95. The first-order chi connectivity index (χ1) is 10.0. The Morgan fingerprint density at radius 2 is 2.14 bits per heavy atom. The molecule has 0 saturated carbocycles. The summed E-state index contributed by atoms with van der Waals surface area (Å²) in [6.07, 6.45) is 1.12. The lowest BCUT2D eigenvalue weighted by molar-refractivity contribution is -0.151. The van der Waals surface area contributed by atoms with Gasteiger partial charge in [-0.1, -0.05) is 25.1 Å². The van der Waals surface area contributed by atoms with Gasteiger partial charge in [-0.05, 0) is 37.8 Å². The molecule has 0 spiro atoms. The lowest BCUT2D eigenvalue weighted by atomic mass is 10.2. The third-order valence-electron chi connectivity index (χ3n) is 3.83. The topological polar surface area (TPSA) is 66.8 Å². The number of nitrogens with zero attached hydrogens (tertiary/aromatic N) is 1. The van der Waals surface area contributed by atoms with E-state index in [1.807, 2.05) is 38.1 Å². The molecule has 1 saturated heterocycles. The molecule has 1 aliphatic rings. The molecule has 1 aromatic rings. The molecule has 2 unspecified atom stereocenters. The van der Waals surface area contributed by atoms with Crippen molar-refractivity contribution in [2.75, 3.05) is 6.54 Å². The van der Waals surface area contributed by atoms with Gasteiger partial charge in [0.05, 0.1) is 0 Å². The third kappa shape index (κ3) is 3.35.